The highest BCUT2D eigenvalue weighted by Crippen LogP contribution is 2.56. The van der Waals surface area contributed by atoms with Crippen LogP contribution in [-0.4, -0.2) is 11.8 Å². The van der Waals surface area contributed by atoms with E-state index < -0.39 is 0 Å². The van der Waals surface area contributed by atoms with Gasteiger partial charge in [-0.3, -0.25) is 14.5 Å². The molecule has 0 radical (unpaired) electrons. The molecule has 4 nitrogen and oxygen atoms in total. The average Bonchev–Trinajstić information content (AvgIpc) is 3.32. The molecule has 2 aliphatic carbocycles. The lowest BCUT2D eigenvalue weighted by Gasteiger charge is -2.19. The van der Waals surface area contributed by atoms with Crippen LogP contribution in [0, 0.1) is 23.7 Å². The number of nitrogens with zero attached hydrogens (tertiary/aromatic N) is 1. The first-order valence-electron chi connectivity index (χ1n) is 9.14. The third kappa shape index (κ3) is 2.66. The van der Waals surface area contributed by atoms with Crippen LogP contribution < -0.4 is 9.64 Å². The SMILES string of the molecule is O=C1[C@H]2[C@H]3CC[C@@H](C3)[C@@H]2C(=O)N1c1ccc(Oc2ccc(Cl)cc2Cl)cc1. The smallest absolute Gasteiger partial charge is 0.237 e. The van der Waals surface area contributed by atoms with Crippen molar-refractivity contribution in [1.82, 2.24) is 0 Å². The number of ether oxygens (including phenoxy) is 1. The van der Waals surface area contributed by atoms with Crippen LogP contribution in [0.1, 0.15) is 19.3 Å². The minimum atomic E-state index is -0.111. The van der Waals surface area contributed by atoms with Gasteiger partial charge in [0.25, 0.3) is 0 Å². The number of fused-ring (bicyclic) bond motifs is 5. The number of hydrogen-bond acceptors (Lipinski definition) is 3. The standard InChI is InChI=1S/C21H17Cl2NO3/c22-13-3-8-17(16(23)10-13)27-15-6-4-14(5-7-15)24-20(25)18-11-1-2-12(9-11)19(18)21(24)26/h3-8,10-12,18-19H,1-2,9H2/t11-,12-,18-,19-/m0/s1. The monoisotopic (exact) mass is 401 g/mol. The molecule has 1 aliphatic heterocycles. The van der Waals surface area contributed by atoms with Gasteiger partial charge in [-0.25, -0.2) is 0 Å². The maximum absolute atomic E-state index is 12.9. The molecule has 1 saturated heterocycles. The number of benzene rings is 2. The summed E-state index contributed by atoms with van der Waals surface area (Å²) < 4.78 is 5.78. The zero-order chi connectivity index (χ0) is 18.7. The van der Waals surface area contributed by atoms with Gasteiger partial charge in [-0.05, 0) is 73.6 Å². The highest BCUT2D eigenvalue weighted by atomic mass is 35.5. The molecule has 1 heterocycles. The third-order valence-electron chi connectivity index (χ3n) is 6.14. The summed E-state index contributed by atoms with van der Waals surface area (Å²) in [5, 5.41) is 0.952. The molecular weight excluding hydrogens is 385 g/mol. The van der Waals surface area contributed by atoms with Crippen molar-refractivity contribution in [2.24, 2.45) is 23.7 Å². The largest absolute Gasteiger partial charge is 0.456 e. The lowest BCUT2D eigenvalue weighted by Crippen LogP contribution is -2.32. The topological polar surface area (TPSA) is 46.6 Å². The van der Waals surface area contributed by atoms with Crippen molar-refractivity contribution in [2.75, 3.05) is 4.90 Å². The van der Waals surface area contributed by atoms with Crippen molar-refractivity contribution in [3.63, 3.8) is 0 Å². The van der Waals surface area contributed by atoms with E-state index in [2.05, 4.69) is 0 Å². The van der Waals surface area contributed by atoms with Gasteiger partial charge in [0, 0.05) is 5.02 Å². The Balaban J connectivity index is 1.38. The van der Waals surface area contributed by atoms with Gasteiger partial charge in [0.1, 0.15) is 11.5 Å². The number of anilines is 1. The lowest BCUT2D eigenvalue weighted by molar-refractivity contribution is -0.123. The molecule has 2 saturated carbocycles. The molecule has 138 valence electrons. The zero-order valence-corrected chi connectivity index (χ0v) is 15.9. The van der Waals surface area contributed by atoms with Crippen LogP contribution in [0.25, 0.3) is 0 Å². The van der Waals surface area contributed by atoms with Crippen molar-refractivity contribution in [1.29, 1.82) is 0 Å². The molecule has 2 amide bonds. The van der Waals surface area contributed by atoms with Crippen LogP contribution in [0.5, 0.6) is 11.5 Å². The minimum absolute atomic E-state index is 0.0355. The Kier molecular flexibility index (Phi) is 3.95. The van der Waals surface area contributed by atoms with Crippen molar-refractivity contribution in [3.05, 3.63) is 52.5 Å². The summed E-state index contributed by atoms with van der Waals surface area (Å²) >= 11 is 12.0. The summed E-state index contributed by atoms with van der Waals surface area (Å²) in [6, 6.07) is 12.0. The summed E-state index contributed by atoms with van der Waals surface area (Å²) in [6.07, 6.45) is 3.19. The fraction of sp³-hybridized carbons (Fsp3) is 0.333. The number of carbonyl (C=O) groups is 2. The Morgan fingerprint density at radius 1 is 0.889 bits per heavy atom. The van der Waals surface area contributed by atoms with Gasteiger partial charge in [0.15, 0.2) is 0 Å². The Hall–Kier alpha value is -2.04. The predicted molar refractivity (Wildman–Crippen MR) is 103 cm³/mol. The Bertz CT molecular complexity index is 915. The second-order valence-corrected chi connectivity index (χ2v) is 8.41. The van der Waals surface area contributed by atoms with E-state index in [0.717, 1.165) is 19.3 Å². The quantitative estimate of drug-likeness (QED) is 0.653. The molecule has 2 aromatic rings. The normalized spacial score (nSPS) is 28.7. The van der Waals surface area contributed by atoms with Crippen LogP contribution in [0.2, 0.25) is 10.0 Å². The first kappa shape index (κ1) is 17.1. The molecule has 3 aliphatic rings. The molecule has 0 unspecified atom stereocenters. The van der Waals surface area contributed by atoms with Gasteiger partial charge in [0.05, 0.1) is 22.5 Å². The van der Waals surface area contributed by atoms with Crippen molar-refractivity contribution >= 4 is 40.7 Å². The van der Waals surface area contributed by atoms with Gasteiger partial charge >= 0.3 is 0 Å². The molecule has 5 rings (SSSR count). The van der Waals surface area contributed by atoms with Crippen LogP contribution in [0.15, 0.2) is 42.5 Å². The van der Waals surface area contributed by atoms with Crippen LogP contribution in [0.4, 0.5) is 5.69 Å². The highest BCUT2D eigenvalue weighted by molar-refractivity contribution is 6.35. The van der Waals surface area contributed by atoms with E-state index in [4.69, 9.17) is 27.9 Å². The van der Waals surface area contributed by atoms with E-state index in [1.807, 2.05) is 0 Å². The second kappa shape index (κ2) is 6.25. The maximum Gasteiger partial charge on any atom is 0.237 e. The minimum Gasteiger partial charge on any atom is -0.456 e. The summed E-state index contributed by atoms with van der Waals surface area (Å²) in [5.41, 5.74) is 0.605. The molecule has 0 aromatic heterocycles. The predicted octanol–water partition coefficient (Wildman–Crippen LogP) is 5.32. The van der Waals surface area contributed by atoms with Crippen LogP contribution in [-0.2, 0) is 9.59 Å². The fourth-order valence-electron chi connectivity index (χ4n) is 5.01. The second-order valence-electron chi connectivity index (χ2n) is 7.57. The van der Waals surface area contributed by atoms with E-state index in [9.17, 15) is 9.59 Å². The molecule has 2 bridgehead atoms. The molecule has 4 atom stereocenters. The van der Waals surface area contributed by atoms with Crippen LogP contribution >= 0.6 is 23.2 Å². The Morgan fingerprint density at radius 3 is 2.11 bits per heavy atom. The number of rotatable bonds is 3. The van der Waals surface area contributed by atoms with Gasteiger partial charge < -0.3 is 4.74 Å². The highest BCUT2D eigenvalue weighted by Gasteiger charge is 2.61. The van der Waals surface area contributed by atoms with Gasteiger partial charge in [-0.2, -0.15) is 0 Å². The molecule has 0 N–H and O–H groups in total. The summed E-state index contributed by atoms with van der Waals surface area (Å²) in [4.78, 5) is 27.1. The van der Waals surface area contributed by atoms with Crippen molar-refractivity contribution < 1.29 is 14.3 Å². The number of amides is 2. The van der Waals surface area contributed by atoms with E-state index in [1.165, 1.54) is 4.90 Å². The van der Waals surface area contributed by atoms with Gasteiger partial charge in [0.2, 0.25) is 11.8 Å². The third-order valence-corrected chi connectivity index (χ3v) is 6.67. The Labute approximate surface area is 167 Å². The van der Waals surface area contributed by atoms with Crippen molar-refractivity contribution in [3.8, 4) is 11.5 Å². The average molecular weight is 402 g/mol. The summed E-state index contributed by atoms with van der Waals surface area (Å²) in [7, 11) is 0. The van der Waals surface area contributed by atoms with E-state index in [1.54, 1.807) is 42.5 Å². The summed E-state index contributed by atoms with van der Waals surface area (Å²) in [6.45, 7) is 0. The number of carbonyl (C=O) groups excluding carboxylic acids is 2. The maximum atomic E-state index is 12.9. The van der Waals surface area contributed by atoms with Crippen LogP contribution in [0.3, 0.4) is 0 Å². The number of hydrogen-bond donors (Lipinski definition) is 0. The molecule has 6 heteroatoms. The fourth-order valence-corrected chi connectivity index (χ4v) is 5.46. The summed E-state index contributed by atoms with van der Waals surface area (Å²) in [5.74, 6) is 1.54. The van der Waals surface area contributed by atoms with Crippen molar-refractivity contribution in [2.45, 2.75) is 19.3 Å². The molecule has 2 aromatic carbocycles. The number of imide groups is 1. The first-order valence-corrected chi connectivity index (χ1v) is 9.89. The zero-order valence-electron chi connectivity index (χ0n) is 14.4. The van der Waals surface area contributed by atoms with E-state index in [-0.39, 0.29) is 23.7 Å². The molecule has 3 fully saturated rings. The first-order chi connectivity index (χ1) is 13.0. The van der Waals surface area contributed by atoms with Gasteiger partial charge in [-0.15, -0.1) is 0 Å². The van der Waals surface area contributed by atoms with Gasteiger partial charge in [-0.1, -0.05) is 23.2 Å². The molecule has 27 heavy (non-hydrogen) atoms. The number of halogens is 2. The lowest BCUT2D eigenvalue weighted by atomic mass is 9.81. The molecule has 0 spiro atoms. The van der Waals surface area contributed by atoms with E-state index >= 15 is 0 Å². The Morgan fingerprint density at radius 2 is 1.52 bits per heavy atom. The molecular formula is C21H17Cl2NO3. The van der Waals surface area contributed by atoms with E-state index in [0.29, 0.717) is 39.1 Å².